The van der Waals surface area contributed by atoms with E-state index >= 15 is 0 Å². The molecular formula is C22H20N2O3S. The maximum absolute atomic E-state index is 12.6. The van der Waals surface area contributed by atoms with Gasteiger partial charge in [-0.3, -0.25) is 4.79 Å². The van der Waals surface area contributed by atoms with Crippen molar-refractivity contribution >= 4 is 27.5 Å². The van der Waals surface area contributed by atoms with Crippen molar-refractivity contribution in [3.8, 4) is 23.8 Å². The number of fused-ring (bicyclic) bond motifs is 2. The Morgan fingerprint density at radius 2 is 1.96 bits per heavy atom. The zero-order valence-electron chi connectivity index (χ0n) is 15.8. The molecule has 0 spiro atoms. The molecule has 3 aromatic rings. The summed E-state index contributed by atoms with van der Waals surface area (Å²) < 4.78 is 14.2. The van der Waals surface area contributed by atoms with E-state index in [1.54, 1.807) is 0 Å². The van der Waals surface area contributed by atoms with E-state index < -0.39 is 0 Å². The zero-order valence-corrected chi connectivity index (χ0v) is 16.6. The molecule has 6 heteroatoms. The van der Waals surface area contributed by atoms with Crippen molar-refractivity contribution in [2.45, 2.75) is 26.8 Å². The minimum Gasteiger partial charge on any atom is -0.486 e. The number of hydrogen-bond acceptors (Lipinski definition) is 4. The van der Waals surface area contributed by atoms with Gasteiger partial charge in [-0.05, 0) is 25.0 Å². The third-order valence-electron chi connectivity index (χ3n) is 4.66. The number of terminal acetylenes is 1. The van der Waals surface area contributed by atoms with E-state index in [4.69, 9.17) is 15.9 Å². The second-order valence-corrected chi connectivity index (χ2v) is 7.76. The van der Waals surface area contributed by atoms with Crippen LogP contribution in [0.5, 0.6) is 11.5 Å². The molecular weight excluding hydrogens is 372 g/mol. The molecule has 1 aromatic heterocycles. The Morgan fingerprint density at radius 3 is 2.68 bits per heavy atom. The molecule has 1 amide bonds. The van der Waals surface area contributed by atoms with Gasteiger partial charge in [-0.2, -0.15) is 4.99 Å². The molecule has 0 unspecified atom stereocenters. The summed E-state index contributed by atoms with van der Waals surface area (Å²) in [7, 11) is 0. The van der Waals surface area contributed by atoms with Crippen molar-refractivity contribution in [3.63, 3.8) is 0 Å². The summed E-state index contributed by atoms with van der Waals surface area (Å²) in [6, 6.07) is 9.91. The minimum atomic E-state index is -0.193. The number of nitrogens with zero attached hydrogens (tertiary/aromatic N) is 2. The fourth-order valence-corrected chi connectivity index (χ4v) is 4.35. The highest BCUT2D eigenvalue weighted by atomic mass is 32.1. The highest BCUT2D eigenvalue weighted by Gasteiger charge is 2.16. The van der Waals surface area contributed by atoms with Crippen LogP contribution in [0.15, 0.2) is 35.3 Å². The summed E-state index contributed by atoms with van der Waals surface area (Å²) in [4.78, 5) is 17.6. The smallest absolute Gasteiger partial charge is 0.252 e. The van der Waals surface area contributed by atoms with E-state index in [1.807, 2.05) is 42.7 Å². The summed E-state index contributed by atoms with van der Waals surface area (Å²) in [6.07, 6.45) is 5.82. The maximum atomic E-state index is 12.6. The van der Waals surface area contributed by atoms with Crippen LogP contribution < -0.4 is 14.3 Å². The summed E-state index contributed by atoms with van der Waals surface area (Å²) in [5.74, 6) is 3.85. The van der Waals surface area contributed by atoms with Crippen molar-refractivity contribution in [2.75, 3.05) is 13.2 Å². The minimum absolute atomic E-state index is 0.193. The lowest BCUT2D eigenvalue weighted by Crippen LogP contribution is -2.18. The summed E-state index contributed by atoms with van der Waals surface area (Å²) in [6.45, 7) is 5.42. The molecule has 1 aliphatic heterocycles. The fraction of sp³-hybridized carbons (Fsp3) is 0.273. The first-order chi connectivity index (χ1) is 13.5. The van der Waals surface area contributed by atoms with Crippen LogP contribution >= 0.6 is 11.3 Å². The third kappa shape index (κ3) is 3.54. The van der Waals surface area contributed by atoms with Gasteiger partial charge in [0.1, 0.15) is 13.2 Å². The molecule has 28 heavy (non-hydrogen) atoms. The Hall–Kier alpha value is -3.04. The number of benzene rings is 2. The normalized spacial score (nSPS) is 13.5. The van der Waals surface area contributed by atoms with Gasteiger partial charge >= 0.3 is 0 Å². The predicted molar refractivity (Wildman–Crippen MR) is 110 cm³/mol. The number of amides is 1. The first-order valence-electron chi connectivity index (χ1n) is 9.05. The Kier molecular flexibility index (Phi) is 4.93. The van der Waals surface area contributed by atoms with Crippen molar-refractivity contribution in [3.05, 3.63) is 51.8 Å². The molecule has 0 saturated carbocycles. The number of aryl methyl sites for hydroxylation is 2. The molecule has 0 aliphatic carbocycles. The Balaban J connectivity index is 1.75. The van der Waals surface area contributed by atoms with E-state index in [-0.39, 0.29) is 12.3 Å². The molecule has 0 saturated heterocycles. The van der Waals surface area contributed by atoms with E-state index in [0.29, 0.717) is 36.1 Å². The molecule has 142 valence electrons. The molecule has 0 N–H and O–H groups in total. The maximum Gasteiger partial charge on any atom is 0.252 e. The standard InChI is InChI=1S/C22H20N2O3S/c1-4-7-24-17-12-18-19(27-9-8-26-18)13-20(17)28-22(24)23-21(25)11-16-6-5-14(2)10-15(16)3/h1,5-6,10,12-13H,7-9,11H2,2-3H3. The summed E-state index contributed by atoms with van der Waals surface area (Å²) in [5, 5.41) is 0. The van der Waals surface area contributed by atoms with Gasteiger partial charge < -0.3 is 14.0 Å². The van der Waals surface area contributed by atoms with Gasteiger partial charge in [0, 0.05) is 12.1 Å². The molecule has 4 rings (SSSR count). The quantitative estimate of drug-likeness (QED) is 0.642. The van der Waals surface area contributed by atoms with Crippen LogP contribution in [-0.4, -0.2) is 23.7 Å². The lowest BCUT2D eigenvalue weighted by Gasteiger charge is -2.18. The lowest BCUT2D eigenvalue weighted by molar-refractivity contribution is -0.117. The second-order valence-electron chi connectivity index (χ2n) is 6.75. The Morgan fingerprint density at radius 1 is 1.21 bits per heavy atom. The molecule has 0 fully saturated rings. The van der Waals surface area contributed by atoms with Crippen LogP contribution in [0.3, 0.4) is 0 Å². The van der Waals surface area contributed by atoms with Crippen LogP contribution in [-0.2, 0) is 17.8 Å². The topological polar surface area (TPSA) is 52.8 Å². The number of carbonyl (C=O) groups excluding carboxylic acids is 1. The van der Waals surface area contributed by atoms with Gasteiger partial charge in [0.05, 0.1) is 23.2 Å². The van der Waals surface area contributed by atoms with E-state index in [1.165, 1.54) is 16.9 Å². The first kappa shape index (κ1) is 18.3. The largest absolute Gasteiger partial charge is 0.486 e. The van der Waals surface area contributed by atoms with Gasteiger partial charge in [0.25, 0.3) is 5.91 Å². The summed E-state index contributed by atoms with van der Waals surface area (Å²) >= 11 is 1.43. The third-order valence-corrected chi connectivity index (χ3v) is 5.70. The molecule has 5 nitrogen and oxygen atoms in total. The predicted octanol–water partition coefficient (Wildman–Crippen LogP) is 3.39. The molecule has 0 bridgehead atoms. The lowest BCUT2D eigenvalue weighted by atomic mass is 10.0. The van der Waals surface area contributed by atoms with Crippen molar-refractivity contribution in [1.29, 1.82) is 0 Å². The van der Waals surface area contributed by atoms with Crippen LogP contribution in [0.1, 0.15) is 16.7 Å². The number of rotatable bonds is 3. The van der Waals surface area contributed by atoms with Gasteiger partial charge in [-0.15, -0.1) is 6.42 Å². The SMILES string of the molecule is C#CCn1c(=NC(=O)Cc2ccc(C)cc2C)sc2cc3c(cc21)OCCO3. The second kappa shape index (κ2) is 7.53. The zero-order chi connectivity index (χ0) is 19.7. The van der Waals surface area contributed by atoms with Crippen LogP contribution in [0.4, 0.5) is 0 Å². The highest BCUT2D eigenvalue weighted by molar-refractivity contribution is 7.16. The monoisotopic (exact) mass is 392 g/mol. The molecule has 0 radical (unpaired) electrons. The number of carbonyl (C=O) groups is 1. The van der Waals surface area contributed by atoms with E-state index in [0.717, 1.165) is 21.3 Å². The molecule has 0 atom stereocenters. The van der Waals surface area contributed by atoms with Gasteiger partial charge in [-0.25, -0.2) is 0 Å². The number of thiazole rings is 1. The van der Waals surface area contributed by atoms with Crippen molar-refractivity contribution in [2.24, 2.45) is 4.99 Å². The first-order valence-corrected chi connectivity index (χ1v) is 9.87. The van der Waals surface area contributed by atoms with Crippen LogP contribution in [0, 0.1) is 26.2 Å². The molecule has 2 aromatic carbocycles. The summed E-state index contributed by atoms with van der Waals surface area (Å²) in [5.41, 5.74) is 4.15. The Bertz CT molecular complexity index is 1180. The van der Waals surface area contributed by atoms with Gasteiger partial charge in [-0.1, -0.05) is 41.0 Å². The highest BCUT2D eigenvalue weighted by Crippen LogP contribution is 2.35. The van der Waals surface area contributed by atoms with Crippen LogP contribution in [0.2, 0.25) is 0 Å². The fourth-order valence-electron chi connectivity index (χ4n) is 3.29. The van der Waals surface area contributed by atoms with Gasteiger partial charge in [0.2, 0.25) is 0 Å². The average molecular weight is 392 g/mol. The van der Waals surface area contributed by atoms with Crippen molar-refractivity contribution in [1.82, 2.24) is 4.57 Å². The molecule has 1 aliphatic rings. The van der Waals surface area contributed by atoms with E-state index in [2.05, 4.69) is 17.0 Å². The van der Waals surface area contributed by atoms with E-state index in [9.17, 15) is 4.79 Å². The van der Waals surface area contributed by atoms with Crippen molar-refractivity contribution < 1.29 is 14.3 Å². The Labute approximate surface area is 167 Å². The number of ether oxygens (including phenoxy) is 2. The molecule has 2 heterocycles. The van der Waals surface area contributed by atoms with Gasteiger partial charge in [0.15, 0.2) is 16.3 Å². The number of aromatic nitrogens is 1. The van der Waals surface area contributed by atoms with Crippen LogP contribution in [0.25, 0.3) is 10.2 Å². The number of hydrogen-bond donors (Lipinski definition) is 0. The average Bonchev–Trinajstić information content (AvgIpc) is 2.98.